The summed E-state index contributed by atoms with van der Waals surface area (Å²) in [6, 6.07) is 0. The molecule has 0 N–H and O–H groups in total. The number of hydrogen-bond acceptors (Lipinski definition) is 0. The van der Waals surface area contributed by atoms with Crippen LogP contribution in [0.4, 0.5) is 0 Å². The zero-order chi connectivity index (χ0) is 5.57. The molecule has 0 amide bonds. The Balaban J connectivity index is 2.32. The Morgan fingerprint density at radius 2 is 1.38 bits per heavy atom. The highest BCUT2D eigenvalue weighted by atomic mass is 14.9. The maximum atomic E-state index is 3.97. The van der Waals surface area contributed by atoms with Crippen molar-refractivity contribution >= 4 is 0 Å². The highest BCUT2D eigenvalue weighted by Crippen LogP contribution is 3.00. The molecule has 3 aliphatic carbocycles. The van der Waals surface area contributed by atoms with Gasteiger partial charge in [0.1, 0.15) is 0 Å². The molecule has 0 heteroatoms. The first-order valence-corrected chi connectivity index (χ1v) is 3.12. The molecule has 0 heterocycles. The van der Waals surface area contributed by atoms with E-state index in [1.54, 1.807) is 0 Å². The lowest BCUT2D eigenvalue weighted by Gasteiger charge is -2.15. The normalized spacial score (nSPS) is 63.5. The van der Waals surface area contributed by atoms with Crippen LogP contribution in [0, 0.1) is 10.8 Å². The Labute approximate surface area is 48.9 Å². The molecular formula is C8H8. The van der Waals surface area contributed by atoms with Crippen LogP contribution in [-0.4, -0.2) is 0 Å². The second-order valence-corrected chi connectivity index (χ2v) is 3.47. The molecule has 0 aromatic heterocycles. The van der Waals surface area contributed by atoms with Crippen LogP contribution in [-0.2, 0) is 0 Å². The van der Waals surface area contributed by atoms with Gasteiger partial charge in [-0.2, -0.15) is 0 Å². The van der Waals surface area contributed by atoms with Crippen molar-refractivity contribution in [1.29, 1.82) is 0 Å². The topological polar surface area (TPSA) is 0 Å². The standard InChI is InChI=1S/C8H8/c1-5-6(2)8-3-7(5,8)4-8/h1-4H2. The van der Waals surface area contributed by atoms with Gasteiger partial charge in [0, 0.05) is 10.8 Å². The number of hydrogen-bond donors (Lipinski definition) is 0. The molecule has 3 aliphatic rings. The van der Waals surface area contributed by atoms with Gasteiger partial charge >= 0.3 is 0 Å². The quantitative estimate of drug-likeness (QED) is 0.440. The first kappa shape index (κ1) is 3.49. The van der Waals surface area contributed by atoms with Crippen LogP contribution >= 0.6 is 0 Å². The minimum Gasteiger partial charge on any atom is -0.0950 e. The van der Waals surface area contributed by atoms with E-state index in [0.29, 0.717) is 10.8 Å². The zero-order valence-electron chi connectivity index (χ0n) is 4.83. The Hall–Kier alpha value is -0.520. The van der Waals surface area contributed by atoms with Gasteiger partial charge in [-0.3, -0.25) is 0 Å². The van der Waals surface area contributed by atoms with E-state index in [1.807, 2.05) is 0 Å². The fourth-order valence-corrected chi connectivity index (χ4v) is 2.41. The molecule has 0 aromatic rings. The maximum absolute atomic E-state index is 3.97. The molecule has 0 saturated heterocycles. The van der Waals surface area contributed by atoms with Gasteiger partial charge in [-0.1, -0.05) is 13.2 Å². The van der Waals surface area contributed by atoms with Crippen molar-refractivity contribution in [3.63, 3.8) is 0 Å². The van der Waals surface area contributed by atoms with Gasteiger partial charge in [0.25, 0.3) is 0 Å². The van der Waals surface area contributed by atoms with Crippen LogP contribution in [0.15, 0.2) is 24.3 Å². The van der Waals surface area contributed by atoms with E-state index in [1.165, 1.54) is 24.0 Å². The summed E-state index contributed by atoms with van der Waals surface area (Å²) >= 11 is 0. The molecular weight excluding hydrogens is 96.1 g/mol. The molecule has 0 unspecified atom stereocenters. The van der Waals surface area contributed by atoms with Gasteiger partial charge in [-0.25, -0.2) is 0 Å². The molecule has 0 nitrogen and oxygen atoms in total. The van der Waals surface area contributed by atoms with Gasteiger partial charge in [0.15, 0.2) is 0 Å². The minimum atomic E-state index is 0.671. The van der Waals surface area contributed by atoms with Gasteiger partial charge in [0.2, 0.25) is 0 Å². The summed E-state index contributed by atoms with van der Waals surface area (Å²) in [6.07, 6.45) is 2.80. The number of allylic oxidation sites excluding steroid dienone is 2. The van der Waals surface area contributed by atoms with Crippen molar-refractivity contribution in [2.45, 2.75) is 12.8 Å². The predicted octanol–water partition coefficient (Wildman–Crippen LogP) is 1.89. The fraction of sp³-hybridized carbons (Fsp3) is 0.500. The average molecular weight is 104 g/mol. The SMILES string of the molecule is C=C1C(=C)C23CC12C3. The van der Waals surface area contributed by atoms with Crippen LogP contribution in [0.3, 0.4) is 0 Å². The van der Waals surface area contributed by atoms with Crippen molar-refractivity contribution in [3.8, 4) is 0 Å². The van der Waals surface area contributed by atoms with E-state index in [-0.39, 0.29) is 0 Å². The predicted molar refractivity (Wildman–Crippen MR) is 32.4 cm³/mol. The minimum absolute atomic E-state index is 0.671. The largest absolute Gasteiger partial charge is 0.0950 e. The molecule has 3 rings (SSSR count). The van der Waals surface area contributed by atoms with E-state index >= 15 is 0 Å². The smallest absolute Gasteiger partial charge is 0.00648 e. The third-order valence-electron chi connectivity index (χ3n) is 3.39. The fourth-order valence-electron chi connectivity index (χ4n) is 2.41. The Morgan fingerprint density at radius 1 is 1.00 bits per heavy atom. The Kier molecular flexibility index (Phi) is 0.224. The summed E-state index contributed by atoms with van der Waals surface area (Å²) in [4.78, 5) is 0. The molecule has 0 radical (unpaired) electrons. The lowest BCUT2D eigenvalue weighted by atomic mass is 9.89. The van der Waals surface area contributed by atoms with E-state index < -0.39 is 0 Å². The summed E-state index contributed by atoms with van der Waals surface area (Å²) in [5, 5.41) is 0. The molecule has 0 aromatic carbocycles. The molecule has 3 fully saturated rings. The van der Waals surface area contributed by atoms with E-state index in [2.05, 4.69) is 13.2 Å². The first-order chi connectivity index (χ1) is 3.73. The molecule has 40 valence electrons. The summed E-state index contributed by atoms with van der Waals surface area (Å²) in [5.41, 5.74) is 4.09. The van der Waals surface area contributed by atoms with Crippen LogP contribution in [0.25, 0.3) is 0 Å². The van der Waals surface area contributed by atoms with E-state index in [0.717, 1.165) is 0 Å². The Morgan fingerprint density at radius 3 is 1.50 bits per heavy atom. The highest BCUT2D eigenvalue weighted by molar-refractivity contribution is 5.71. The molecule has 0 bridgehead atoms. The van der Waals surface area contributed by atoms with Crippen molar-refractivity contribution < 1.29 is 0 Å². The third-order valence-corrected chi connectivity index (χ3v) is 3.39. The summed E-state index contributed by atoms with van der Waals surface area (Å²) in [6.45, 7) is 7.95. The summed E-state index contributed by atoms with van der Waals surface area (Å²) < 4.78 is 0. The third kappa shape index (κ3) is 0.104. The Bertz CT molecular complexity index is 202. The van der Waals surface area contributed by atoms with Gasteiger partial charge in [0.05, 0.1) is 0 Å². The average Bonchev–Trinajstić information content (AvgIpc) is 2.43. The second-order valence-electron chi connectivity index (χ2n) is 3.47. The second kappa shape index (κ2) is 0.513. The van der Waals surface area contributed by atoms with E-state index in [9.17, 15) is 0 Å². The number of rotatable bonds is 0. The van der Waals surface area contributed by atoms with Gasteiger partial charge in [-0.15, -0.1) is 0 Å². The van der Waals surface area contributed by atoms with Crippen LogP contribution < -0.4 is 0 Å². The van der Waals surface area contributed by atoms with E-state index in [4.69, 9.17) is 0 Å². The molecule has 0 spiro atoms. The van der Waals surface area contributed by atoms with Gasteiger partial charge in [-0.05, 0) is 24.0 Å². The summed E-state index contributed by atoms with van der Waals surface area (Å²) in [7, 11) is 0. The lowest BCUT2D eigenvalue weighted by Crippen LogP contribution is -2.04. The van der Waals surface area contributed by atoms with Crippen LogP contribution in [0.2, 0.25) is 0 Å². The van der Waals surface area contributed by atoms with Crippen LogP contribution in [0.5, 0.6) is 0 Å². The van der Waals surface area contributed by atoms with Gasteiger partial charge < -0.3 is 0 Å². The highest BCUT2D eigenvalue weighted by Gasteiger charge is 2.92. The zero-order valence-corrected chi connectivity index (χ0v) is 4.83. The molecule has 0 aliphatic heterocycles. The first-order valence-electron chi connectivity index (χ1n) is 3.12. The summed E-state index contributed by atoms with van der Waals surface area (Å²) in [5.74, 6) is 0. The van der Waals surface area contributed by atoms with Crippen molar-refractivity contribution in [1.82, 2.24) is 0 Å². The van der Waals surface area contributed by atoms with Crippen LogP contribution in [0.1, 0.15) is 12.8 Å². The molecule has 3 saturated carbocycles. The maximum Gasteiger partial charge on any atom is 0.00648 e. The molecule has 0 atom stereocenters. The van der Waals surface area contributed by atoms with Crippen molar-refractivity contribution in [3.05, 3.63) is 24.3 Å². The van der Waals surface area contributed by atoms with Crippen molar-refractivity contribution in [2.24, 2.45) is 10.8 Å². The molecule has 8 heavy (non-hydrogen) atoms. The lowest BCUT2D eigenvalue weighted by molar-refractivity contribution is 0.786. The van der Waals surface area contributed by atoms with Crippen molar-refractivity contribution in [2.75, 3.05) is 0 Å². The monoisotopic (exact) mass is 104 g/mol.